The number of thiocarbonyl (C=S) groups is 1. The first-order chi connectivity index (χ1) is 11.7. The molecule has 0 bridgehead atoms. The second kappa shape index (κ2) is 8.22. The molecule has 4 nitrogen and oxygen atoms in total. The van der Waals surface area contributed by atoms with Gasteiger partial charge in [0, 0.05) is 37.8 Å². The highest BCUT2D eigenvalue weighted by Crippen LogP contribution is 2.17. The summed E-state index contributed by atoms with van der Waals surface area (Å²) in [4.78, 5) is 6.37. The van der Waals surface area contributed by atoms with E-state index in [1.54, 1.807) is 6.20 Å². The number of nitrogens with one attached hydrogen (secondary N) is 1. The molecular formula is C19H23N3OS. The van der Waals surface area contributed by atoms with Crippen molar-refractivity contribution in [3.05, 3.63) is 59.9 Å². The summed E-state index contributed by atoms with van der Waals surface area (Å²) < 4.78 is 5.79. The van der Waals surface area contributed by atoms with Crippen LogP contribution in [0.4, 0.5) is 5.69 Å². The van der Waals surface area contributed by atoms with Gasteiger partial charge in [-0.3, -0.25) is 4.98 Å². The second-order valence-electron chi connectivity index (χ2n) is 6.17. The number of hydrogen-bond acceptors (Lipinski definition) is 3. The molecule has 1 aliphatic rings. The van der Waals surface area contributed by atoms with Gasteiger partial charge in [0.05, 0.1) is 6.10 Å². The standard InChI is InChI=1S/C19H23N3OS/c1-15-6-8-17(9-7-15)21-19(24)22(14-18-5-3-11-23-18)13-16-4-2-10-20-12-16/h2,4,6-10,12,18H,3,5,11,13-14H2,1H3,(H,21,24)/t18-/m0/s1. The number of ether oxygens (including phenoxy) is 1. The maximum Gasteiger partial charge on any atom is 0.173 e. The predicted molar refractivity (Wildman–Crippen MR) is 101 cm³/mol. The second-order valence-corrected chi connectivity index (χ2v) is 6.56. The fourth-order valence-electron chi connectivity index (χ4n) is 2.80. The third-order valence-electron chi connectivity index (χ3n) is 4.13. The van der Waals surface area contributed by atoms with Crippen LogP contribution in [0.5, 0.6) is 0 Å². The molecule has 126 valence electrons. The topological polar surface area (TPSA) is 37.4 Å². The molecular weight excluding hydrogens is 318 g/mol. The van der Waals surface area contributed by atoms with Crippen LogP contribution in [0.3, 0.4) is 0 Å². The monoisotopic (exact) mass is 341 g/mol. The van der Waals surface area contributed by atoms with Crippen LogP contribution in [-0.2, 0) is 11.3 Å². The summed E-state index contributed by atoms with van der Waals surface area (Å²) >= 11 is 5.66. The lowest BCUT2D eigenvalue weighted by atomic mass is 10.2. The van der Waals surface area contributed by atoms with Crippen LogP contribution in [0, 0.1) is 6.92 Å². The molecule has 0 radical (unpaired) electrons. The van der Waals surface area contributed by atoms with Gasteiger partial charge in [-0.15, -0.1) is 0 Å². The van der Waals surface area contributed by atoms with E-state index in [-0.39, 0.29) is 6.10 Å². The Morgan fingerprint density at radius 3 is 2.83 bits per heavy atom. The lowest BCUT2D eigenvalue weighted by Crippen LogP contribution is -2.39. The van der Waals surface area contributed by atoms with E-state index >= 15 is 0 Å². The SMILES string of the molecule is Cc1ccc(NC(=S)N(Cc2cccnc2)C[C@@H]2CCCO2)cc1. The Kier molecular flexibility index (Phi) is 5.77. The first-order valence-corrected chi connectivity index (χ1v) is 8.74. The highest BCUT2D eigenvalue weighted by atomic mass is 32.1. The van der Waals surface area contributed by atoms with Gasteiger partial charge in [-0.1, -0.05) is 23.8 Å². The van der Waals surface area contributed by atoms with Crippen LogP contribution in [0.1, 0.15) is 24.0 Å². The zero-order valence-electron chi connectivity index (χ0n) is 13.9. The molecule has 5 heteroatoms. The zero-order valence-corrected chi connectivity index (χ0v) is 14.8. The molecule has 3 rings (SSSR count). The maximum absolute atomic E-state index is 5.79. The van der Waals surface area contributed by atoms with E-state index in [2.05, 4.69) is 52.5 Å². The van der Waals surface area contributed by atoms with Gasteiger partial charge in [0.15, 0.2) is 5.11 Å². The molecule has 2 heterocycles. The summed E-state index contributed by atoms with van der Waals surface area (Å²) in [5, 5.41) is 4.07. The number of aryl methyl sites for hydroxylation is 1. The summed E-state index contributed by atoms with van der Waals surface area (Å²) in [6, 6.07) is 12.3. The summed E-state index contributed by atoms with van der Waals surface area (Å²) in [6.07, 6.45) is 6.15. The van der Waals surface area contributed by atoms with Crippen molar-refractivity contribution in [1.82, 2.24) is 9.88 Å². The van der Waals surface area contributed by atoms with E-state index < -0.39 is 0 Å². The summed E-state index contributed by atoms with van der Waals surface area (Å²) in [7, 11) is 0. The normalized spacial score (nSPS) is 16.8. The summed E-state index contributed by atoms with van der Waals surface area (Å²) in [6.45, 7) is 4.45. The number of pyridine rings is 1. The van der Waals surface area contributed by atoms with E-state index in [0.717, 1.165) is 48.9 Å². The molecule has 0 spiro atoms. The molecule has 0 saturated carbocycles. The number of aromatic nitrogens is 1. The highest BCUT2D eigenvalue weighted by Gasteiger charge is 2.21. The van der Waals surface area contributed by atoms with Gasteiger partial charge >= 0.3 is 0 Å². The molecule has 1 aromatic heterocycles. The summed E-state index contributed by atoms with van der Waals surface area (Å²) in [5.74, 6) is 0. The zero-order chi connectivity index (χ0) is 16.8. The quantitative estimate of drug-likeness (QED) is 0.838. The number of benzene rings is 1. The Hall–Kier alpha value is -1.98. The molecule has 1 N–H and O–H groups in total. The molecule has 1 fully saturated rings. The number of hydrogen-bond donors (Lipinski definition) is 1. The smallest absolute Gasteiger partial charge is 0.173 e. The fraction of sp³-hybridized carbons (Fsp3) is 0.368. The van der Waals surface area contributed by atoms with Gasteiger partial charge in [-0.05, 0) is 55.7 Å². The minimum absolute atomic E-state index is 0.249. The van der Waals surface area contributed by atoms with E-state index in [4.69, 9.17) is 17.0 Å². The molecule has 2 aromatic rings. The molecule has 0 aliphatic carbocycles. The largest absolute Gasteiger partial charge is 0.376 e. The molecule has 0 unspecified atom stereocenters. The lowest BCUT2D eigenvalue weighted by Gasteiger charge is -2.28. The van der Waals surface area contributed by atoms with E-state index in [1.807, 2.05) is 12.3 Å². The molecule has 1 saturated heterocycles. The van der Waals surface area contributed by atoms with E-state index in [1.165, 1.54) is 5.56 Å². The van der Waals surface area contributed by atoms with Gasteiger partial charge in [0.1, 0.15) is 0 Å². The number of anilines is 1. The third-order valence-corrected chi connectivity index (χ3v) is 4.49. The van der Waals surface area contributed by atoms with Crippen LogP contribution in [0.25, 0.3) is 0 Å². The van der Waals surface area contributed by atoms with E-state index in [9.17, 15) is 0 Å². The Bertz CT molecular complexity index is 654. The summed E-state index contributed by atoms with van der Waals surface area (Å²) in [5.41, 5.74) is 3.38. The Labute approximate surface area is 148 Å². The van der Waals surface area contributed by atoms with Gasteiger partial charge < -0.3 is 15.0 Å². The molecule has 1 aromatic carbocycles. The van der Waals surface area contributed by atoms with Gasteiger partial charge in [0.2, 0.25) is 0 Å². The highest BCUT2D eigenvalue weighted by molar-refractivity contribution is 7.80. The van der Waals surface area contributed by atoms with Gasteiger partial charge in [0.25, 0.3) is 0 Å². The average molecular weight is 341 g/mol. The van der Waals surface area contributed by atoms with Crippen LogP contribution in [0.2, 0.25) is 0 Å². The van der Waals surface area contributed by atoms with Crippen molar-refractivity contribution >= 4 is 23.0 Å². The first kappa shape index (κ1) is 16.9. The molecule has 24 heavy (non-hydrogen) atoms. The van der Waals surface area contributed by atoms with Crippen molar-refractivity contribution in [2.45, 2.75) is 32.4 Å². The van der Waals surface area contributed by atoms with Crippen molar-refractivity contribution in [2.75, 3.05) is 18.5 Å². The van der Waals surface area contributed by atoms with Gasteiger partial charge in [-0.2, -0.15) is 0 Å². The van der Waals surface area contributed by atoms with E-state index in [0.29, 0.717) is 0 Å². The van der Waals surface area contributed by atoms with Crippen LogP contribution < -0.4 is 5.32 Å². The van der Waals surface area contributed by atoms with Crippen LogP contribution in [0.15, 0.2) is 48.8 Å². The predicted octanol–water partition coefficient (Wildman–Crippen LogP) is 3.77. The molecule has 0 amide bonds. The van der Waals surface area contributed by atoms with Crippen molar-refractivity contribution in [3.8, 4) is 0 Å². The first-order valence-electron chi connectivity index (χ1n) is 8.34. The lowest BCUT2D eigenvalue weighted by molar-refractivity contribution is 0.0905. The maximum atomic E-state index is 5.79. The van der Waals surface area contributed by atoms with Crippen molar-refractivity contribution < 1.29 is 4.74 Å². The van der Waals surface area contributed by atoms with Crippen LogP contribution in [-0.4, -0.2) is 34.3 Å². The minimum atomic E-state index is 0.249. The van der Waals surface area contributed by atoms with Crippen molar-refractivity contribution in [2.24, 2.45) is 0 Å². The molecule has 1 atom stereocenters. The van der Waals surface area contributed by atoms with Crippen molar-refractivity contribution in [3.63, 3.8) is 0 Å². The minimum Gasteiger partial charge on any atom is -0.376 e. The number of rotatable bonds is 5. The average Bonchev–Trinajstić information content (AvgIpc) is 3.10. The van der Waals surface area contributed by atoms with Gasteiger partial charge in [-0.25, -0.2) is 0 Å². The Balaban J connectivity index is 1.69. The Morgan fingerprint density at radius 2 is 2.17 bits per heavy atom. The van der Waals surface area contributed by atoms with Crippen LogP contribution >= 0.6 is 12.2 Å². The fourth-order valence-corrected chi connectivity index (χ4v) is 3.06. The Morgan fingerprint density at radius 1 is 1.33 bits per heavy atom. The molecule has 1 aliphatic heterocycles. The number of nitrogens with zero attached hydrogens (tertiary/aromatic N) is 2. The third kappa shape index (κ3) is 4.76. The van der Waals surface area contributed by atoms with Crippen molar-refractivity contribution in [1.29, 1.82) is 0 Å².